The van der Waals surface area contributed by atoms with Crippen LogP contribution in [0, 0.1) is 0 Å². The van der Waals surface area contributed by atoms with Crippen molar-refractivity contribution in [2.75, 3.05) is 5.73 Å². The standard InChI is InChI=1S/C10H10N4/c11-9-8-7-3-1-2-6(7)4-12-10(8)14-5-13-9/h4-5H,1-3H2,(H2,11,12,13,14). The van der Waals surface area contributed by atoms with E-state index in [1.165, 1.54) is 23.9 Å². The van der Waals surface area contributed by atoms with Gasteiger partial charge in [0.15, 0.2) is 5.65 Å². The van der Waals surface area contributed by atoms with Crippen LogP contribution < -0.4 is 5.73 Å². The number of aryl methyl sites for hydroxylation is 2. The zero-order valence-corrected chi connectivity index (χ0v) is 7.70. The van der Waals surface area contributed by atoms with E-state index in [0.29, 0.717) is 5.82 Å². The molecule has 0 unspecified atom stereocenters. The number of hydrogen-bond acceptors (Lipinski definition) is 4. The quantitative estimate of drug-likeness (QED) is 0.669. The Hall–Kier alpha value is -1.71. The number of nitrogens with two attached hydrogens (primary N) is 1. The Morgan fingerprint density at radius 3 is 3.00 bits per heavy atom. The molecule has 0 bridgehead atoms. The third kappa shape index (κ3) is 0.907. The maximum atomic E-state index is 5.84. The van der Waals surface area contributed by atoms with Crippen molar-refractivity contribution in [2.45, 2.75) is 19.3 Å². The van der Waals surface area contributed by atoms with Crippen LogP contribution in [0.25, 0.3) is 11.0 Å². The van der Waals surface area contributed by atoms with Crippen LogP contribution in [0.5, 0.6) is 0 Å². The normalized spacial score (nSPS) is 14.6. The molecule has 0 saturated heterocycles. The van der Waals surface area contributed by atoms with Crippen molar-refractivity contribution in [3.05, 3.63) is 23.7 Å². The lowest BCUT2D eigenvalue weighted by molar-refractivity contribution is 0.912. The predicted octanol–water partition coefficient (Wildman–Crippen LogP) is 1.10. The van der Waals surface area contributed by atoms with Gasteiger partial charge in [0.2, 0.25) is 0 Å². The third-order valence-corrected chi connectivity index (χ3v) is 2.76. The highest BCUT2D eigenvalue weighted by atomic mass is 15.0. The fourth-order valence-electron chi connectivity index (χ4n) is 2.11. The molecule has 2 aromatic heterocycles. The molecule has 1 aliphatic rings. The minimum absolute atomic E-state index is 0.557. The summed E-state index contributed by atoms with van der Waals surface area (Å²) in [4.78, 5) is 12.4. The maximum absolute atomic E-state index is 5.84. The molecule has 2 N–H and O–H groups in total. The summed E-state index contributed by atoms with van der Waals surface area (Å²) in [6.45, 7) is 0. The molecule has 3 rings (SSSR count). The fourth-order valence-corrected chi connectivity index (χ4v) is 2.11. The SMILES string of the molecule is Nc1ncnc2ncc3c(c12)CCC3. The smallest absolute Gasteiger partial charge is 0.164 e. The van der Waals surface area contributed by atoms with Crippen molar-refractivity contribution in [2.24, 2.45) is 0 Å². The largest absolute Gasteiger partial charge is 0.383 e. The second kappa shape index (κ2) is 2.64. The number of rotatable bonds is 0. The summed E-state index contributed by atoms with van der Waals surface area (Å²) in [6, 6.07) is 0. The average Bonchev–Trinajstić information content (AvgIpc) is 2.65. The van der Waals surface area contributed by atoms with E-state index in [-0.39, 0.29) is 0 Å². The van der Waals surface area contributed by atoms with E-state index in [0.717, 1.165) is 23.9 Å². The van der Waals surface area contributed by atoms with Crippen molar-refractivity contribution in [1.29, 1.82) is 0 Å². The summed E-state index contributed by atoms with van der Waals surface area (Å²) in [5.41, 5.74) is 9.16. The summed E-state index contributed by atoms with van der Waals surface area (Å²) < 4.78 is 0. The zero-order chi connectivity index (χ0) is 9.54. The highest BCUT2D eigenvalue weighted by molar-refractivity contribution is 5.89. The molecule has 0 radical (unpaired) electrons. The molecule has 0 atom stereocenters. The number of anilines is 1. The fraction of sp³-hybridized carbons (Fsp3) is 0.300. The van der Waals surface area contributed by atoms with Gasteiger partial charge in [-0.25, -0.2) is 15.0 Å². The molecular weight excluding hydrogens is 176 g/mol. The Labute approximate surface area is 81.2 Å². The zero-order valence-electron chi connectivity index (χ0n) is 7.70. The van der Waals surface area contributed by atoms with Crippen LogP contribution in [0.15, 0.2) is 12.5 Å². The van der Waals surface area contributed by atoms with Gasteiger partial charge in [0, 0.05) is 6.20 Å². The Balaban J connectivity index is 2.47. The molecule has 14 heavy (non-hydrogen) atoms. The molecule has 4 nitrogen and oxygen atoms in total. The number of nitrogen functional groups attached to an aromatic ring is 1. The third-order valence-electron chi connectivity index (χ3n) is 2.76. The molecule has 0 amide bonds. The molecule has 1 aliphatic carbocycles. The van der Waals surface area contributed by atoms with Gasteiger partial charge >= 0.3 is 0 Å². The lowest BCUT2D eigenvalue weighted by Gasteiger charge is -2.04. The monoisotopic (exact) mass is 186 g/mol. The van der Waals surface area contributed by atoms with Crippen molar-refractivity contribution in [3.63, 3.8) is 0 Å². The van der Waals surface area contributed by atoms with Gasteiger partial charge in [-0.3, -0.25) is 0 Å². The van der Waals surface area contributed by atoms with E-state index in [4.69, 9.17) is 5.73 Å². The molecule has 2 heterocycles. The number of aromatic nitrogens is 3. The average molecular weight is 186 g/mol. The van der Waals surface area contributed by atoms with E-state index >= 15 is 0 Å². The minimum Gasteiger partial charge on any atom is -0.383 e. The van der Waals surface area contributed by atoms with Crippen LogP contribution in [-0.4, -0.2) is 15.0 Å². The van der Waals surface area contributed by atoms with Gasteiger partial charge in [0.05, 0.1) is 5.39 Å². The van der Waals surface area contributed by atoms with Crippen LogP contribution in [0.3, 0.4) is 0 Å². The lowest BCUT2D eigenvalue weighted by atomic mass is 10.1. The first kappa shape index (κ1) is 7.67. The van der Waals surface area contributed by atoms with Crippen molar-refractivity contribution in [3.8, 4) is 0 Å². The van der Waals surface area contributed by atoms with Gasteiger partial charge in [-0.1, -0.05) is 0 Å². The van der Waals surface area contributed by atoms with Crippen LogP contribution in [0.2, 0.25) is 0 Å². The van der Waals surface area contributed by atoms with Gasteiger partial charge in [0.25, 0.3) is 0 Å². The first-order valence-electron chi connectivity index (χ1n) is 4.73. The maximum Gasteiger partial charge on any atom is 0.164 e. The first-order valence-corrected chi connectivity index (χ1v) is 4.73. The molecule has 0 fully saturated rings. The second-order valence-electron chi connectivity index (χ2n) is 3.57. The molecule has 0 aromatic carbocycles. The summed E-state index contributed by atoms with van der Waals surface area (Å²) >= 11 is 0. The topological polar surface area (TPSA) is 64.7 Å². The lowest BCUT2D eigenvalue weighted by Crippen LogP contribution is -1.98. The van der Waals surface area contributed by atoms with Crippen molar-refractivity contribution >= 4 is 16.9 Å². The van der Waals surface area contributed by atoms with Gasteiger partial charge < -0.3 is 5.73 Å². The van der Waals surface area contributed by atoms with Crippen LogP contribution in [-0.2, 0) is 12.8 Å². The van der Waals surface area contributed by atoms with E-state index < -0.39 is 0 Å². The molecule has 2 aromatic rings. The van der Waals surface area contributed by atoms with Crippen molar-refractivity contribution in [1.82, 2.24) is 15.0 Å². The molecule has 4 heteroatoms. The van der Waals surface area contributed by atoms with E-state index in [2.05, 4.69) is 15.0 Å². The summed E-state index contributed by atoms with van der Waals surface area (Å²) in [6.07, 6.45) is 6.74. The number of fused-ring (bicyclic) bond motifs is 3. The summed E-state index contributed by atoms with van der Waals surface area (Å²) in [5.74, 6) is 0.557. The highest BCUT2D eigenvalue weighted by Gasteiger charge is 2.16. The predicted molar refractivity (Wildman–Crippen MR) is 53.8 cm³/mol. The van der Waals surface area contributed by atoms with Crippen molar-refractivity contribution < 1.29 is 0 Å². The highest BCUT2D eigenvalue weighted by Crippen LogP contribution is 2.29. The number of hydrogen-bond donors (Lipinski definition) is 1. The molecule has 70 valence electrons. The Morgan fingerprint density at radius 1 is 1.14 bits per heavy atom. The number of nitrogens with zero attached hydrogens (tertiary/aromatic N) is 3. The summed E-state index contributed by atoms with van der Waals surface area (Å²) in [7, 11) is 0. The van der Waals surface area contributed by atoms with Crippen LogP contribution in [0.1, 0.15) is 17.5 Å². The van der Waals surface area contributed by atoms with E-state index in [1.54, 1.807) is 0 Å². The summed E-state index contributed by atoms with van der Waals surface area (Å²) in [5, 5.41) is 0.961. The Kier molecular flexibility index (Phi) is 1.45. The van der Waals surface area contributed by atoms with Crippen LogP contribution >= 0.6 is 0 Å². The first-order chi connectivity index (χ1) is 6.86. The van der Waals surface area contributed by atoms with Gasteiger partial charge in [-0.2, -0.15) is 0 Å². The minimum atomic E-state index is 0.557. The van der Waals surface area contributed by atoms with E-state index in [1.807, 2.05) is 6.20 Å². The second-order valence-corrected chi connectivity index (χ2v) is 3.57. The molecule has 0 aliphatic heterocycles. The number of pyridine rings is 1. The van der Waals surface area contributed by atoms with Gasteiger partial charge in [0.1, 0.15) is 12.1 Å². The van der Waals surface area contributed by atoms with Gasteiger partial charge in [-0.05, 0) is 30.4 Å². The van der Waals surface area contributed by atoms with Crippen LogP contribution in [0.4, 0.5) is 5.82 Å². The molecule has 0 saturated carbocycles. The van der Waals surface area contributed by atoms with E-state index in [9.17, 15) is 0 Å². The Bertz CT molecular complexity index is 507. The van der Waals surface area contributed by atoms with Gasteiger partial charge in [-0.15, -0.1) is 0 Å². The Morgan fingerprint density at radius 2 is 2.07 bits per heavy atom. The molecular formula is C10H10N4. The molecule has 0 spiro atoms.